The number of ether oxygens (including phenoxy) is 1. The summed E-state index contributed by atoms with van der Waals surface area (Å²) >= 11 is 0. The molecule has 1 saturated carbocycles. The summed E-state index contributed by atoms with van der Waals surface area (Å²) in [5, 5.41) is 3.70. The van der Waals surface area contributed by atoms with Crippen molar-refractivity contribution in [3.63, 3.8) is 0 Å². The van der Waals surface area contributed by atoms with Gasteiger partial charge in [-0.25, -0.2) is 0 Å². The highest BCUT2D eigenvalue weighted by Crippen LogP contribution is 2.43. The molecule has 1 heterocycles. The lowest BCUT2D eigenvalue weighted by molar-refractivity contribution is -0.116. The summed E-state index contributed by atoms with van der Waals surface area (Å²) in [4.78, 5) is 4.06. The monoisotopic (exact) mass is 248 g/mol. The highest BCUT2D eigenvalue weighted by molar-refractivity contribution is 5.15. The van der Waals surface area contributed by atoms with E-state index in [-0.39, 0.29) is 5.41 Å². The van der Waals surface area contributed by atoms with Gasteiger partial charge in [0.15, 0.2) is 0 Å². The first-order valence-electron chi connectivity index (χ1n) is 6.83. The minimum Gasteiger partial charge on any atom is -0.378 e. The van der Waals surface area contributed by atoms with E-state index in [1.807, 2.05) is 12.4 Å². The summed E-state index contributed by atoms with van der Waals surface area (Å²) < 4.78 is 5.76. The zero-order chi connectivity index (χ0) is 13.2. The Hall–Kier alpha value is -0.930. The van der Waals surface area contributed by atoms with E-state index in [4.69, 9.17) is 4.74 Å². The van der Waals surface area contributed by atoms with Crippen LogP contribution in [0.4, 0.5) is 0 Å². The van der Waals surface area contributed by atoms with E-state index >= 15 is 0 Å². The fourth-order valence-electron chi connectivity index (χ4n) is 2.70. The number of nitrogens with zero attached hydrogens (tertiary/aromatic N) is 1. The van der Waals surface area contributed by atoms with Crippen molar-refractivity contribution in [2.75, 3.05) is 6.61 Å². The van der Waals surface area contributed by atoms with E-state index < -0.39 is 0 Å². The Labute approximate surface area is 110 Å². The molecule has 1 aliphatic rings. The van der Waals surface area contributed by atoms with Crippen LogP contribution >= 0.6 is 0 Å². The Morgan fingerprint density at radius 2 is 2.11 bits per heavy atom. The molecule has 2 rings (SSSR count). The number of hydrogen-bond donors (Lipinski definition) is 1. The first kappa shape index (κ1) is 13.5. The van der Waals surface area contributed by atoms with E-state index in [2.05, 4.69) is 50.1 Å². The Bertz CT molecular complexity index is 377. The molecule has 0 bridgehead atoms. The van der Waals surface area contributed by atoms with Crippen molar-refractivity contribution < 1.29 is 4.74 Å². The van der Waals surface area contributed by atoms with Gasteiger partial charge in [0, 0.05) is 36.5 Å². The van der Waals surface area contributed by atoms with Crippen LogP contribution in [0, 0.1) is 5.41 Å². The summed E-state index contributed by atoms with van der Waals surface area (Å²) in [6, 6.07) is 5.03. The Balaban J connectivity index is 1.92. The number of rotatable bonds is 5. The first-order chi connectivity index (χ1) is 8.55. The molecule has 100 valence electrons. The molecular weight excluding hydrogens is 224 g/mol. The molecule has 0 saturated heterocycles. The smallest absolute Gasteiger partial charge is 0.0655 e. The van der Waals surface area contributed by atoms with Crippen molar-refractivity contribution >= 4 is 0 Å². The number of hydrogen-bond acceptors (Lipinski definition) is 3. The van der Waals surface area contributed by atoms with Crippen LogP contribution in [0.5, 0.6) is 0 Å². The predicted octanol–water partition coefficient (Wildman–Crippen LogP) is 2.94. The third-order valence-corrected chi connectivity index (χ3v) is 4.20. The molecular formula is C15H24N2O. The van der Waals surface area contributed by atoms with Crippen molar-refractivity contribution in [1.29, 1.82) is 0 Å². The van der Waals surface area contributed by atoms with Crippen LogP contribution in [0.3, 0.4) is 0 Å². The first-order valence-corrected chi connectivity index (χ1v) is 6.83. The normalized spacial score (nSPS) is 27.6. The van der Waals surface area contributed by atoms with Gasteiger partial charge >= 0.3 is 0 Å². The lowest BCUT2D eigenvalue weighted by Crippen LogP contribution is -2.61. The Kier molecular flexibility index (Phi) is 4.03. The van der Waals surface area contributed by atoms with E-state index in [0.717, 1.165) is 13.0 Å². The summed E-state index contributed by atoms with van der Waals surface area (Å²) in [6.07, 6.45) is 5.20. The van der Waals surface area contributed by atoms with Gasteiger partial charge in [-0.1, -0.05) is 13.8 Å². The second kappa shape index (κ2) is 5.37. The van der Waals surface area contributed by atoms with Gasteiger partial charge in [0.25, 0.3) is 0 Å². The molecule has 1 aromatic heterocycles. The third-order valence-electron chi connectivity index (χ3n) is 4.20. The molecule has 0 radical (unpaired) electrons. The van der Waals surface area contributed by atoms with Crippen LogP contribution in [0.1, 0.15) is 45.7 Å². The minimum atomic E-state index is 0.220. The van der Waals surface area contributed by atoms with E-state index in [9.17, 15) is 0 Å². The second-order valence-electron chi connectivity index (χ2n) is 5.72. The molecule has 1 fully saturated rings. The summed E-state index contributed by atoms with van der Waals surface area (Å²) in [6.45, 7) is 9.65. The quantitative estimate of drug-likeness (QED) is 0.870. The van der Waals surface area contributed by atoms with Crippen LogP contribution < -0.4 is 5.32 Å². The van der Waals surface area contributed by atoms with Gasteiger partial charge in [-0.05, 0) is 38.0 Å². The van der Waals surface area contributed by atoms with Gasteiger partial charge in [0.05, 0.1) is 6.10 Å². The van der Waals surface area contributed by atoms with Gasteiger partial charge < -0.3 is 10.1 Å². The molecule has 1 N–H and O–H groups in total. The molecule has 3 heteroatoms. The van der Waals surface area contributed by atoms with Crippen LogP contribution in [0.15, 0.2) is 24.5 Å². The third kappa shape index (κ3) is 2.57. The lowest BCUT2D eigenvalue weighted by Gasteiger charge is -2.52. The zero-order valence-electron chi connectivity index (χ0n) is 11.8. The fraction of sp³-hybridized carbons (Fsp3) is 0.667. The molecule has 1 aliphatic carbocycles. The van der Waals surface area contributed by atoms with E-state index in [1.165, 1.54) is 5.56 Å². The van der Waals surface area contributed by atoms with Gasteiger partial charge in [-0.2, -0.15) is 0 Å². The maximum atomic E-state index is 5.76. The molecule has 0 aromatic carbocycles. The van der Waals surface area contributed by atoms with Gasteiger partial charge in [0.2, 0.25) is 0 Å². The zero-order valence-corrected chi connectivity index (χ0v) is 11.8. The maximum Gasteiger partial charge on any atom is 0.0655 e. The van der Waals surface area contributed by atoms with Crippen molar-refractivity contribution in [2.45, 2.75) is 52.3 Å². The van der Waals surface area contributed by atoms with Crippen molar-refractivity contribution in [3.05, 3.63) is 30.1 Å². The fourth-order valence-corrected chi connectivity index (χ4v) is 2.70. The SMILES string of the molecule is CCOC1CC(N[C@H](C)c2ccncc2)C1(C)C. The molecule has 18 heavy (non-hydrogen) atoms. The molecule has 0 aliphatic heterocycles. The summed E-state index contributed by atoms with van der Waals surface area (Å²) in [5.41, 5.74) is 1.51. The largest absolute Gasteiger partial charge is 0.378 e. The van der Waals surface area contributed by atoms with E-state index in [0.29, 0.717) is 18.2 Å². The number of aromatic nitrogens is 1. The van der Waals surface area contributed by atoms with Crippen LogP contribution in [-0.4, -0.2) is 23.7 Å². The van der Waals surface area contributed by atoms with Crippen LogP contribution in [0.25, 0.3) is 0 Å². The Morgan fingerprint density at radius 3 is 2.67 bits per heavy atom. The molecule has 2 unspecified atom stereocenters. The minimum absolute atomic E-state index is 0.220. The molecule has 0 amide bonds. The van der Waals surface area contributed by atoms with Crippen molar-refractivity contribution in [1.82, 2.24) is 10.3 Å². The topological polar surface area (TPSA) is 34.1 Å². The molecule has 3 atom stereocenters. The molecule has 0 spiro atoms. The second-order valence-corrected chi connectivity index (χ2v) is 5.72. The maximum absolute atomic E-state index is 5.76. The predicted molar refractivity (Wildman–Crippen MR) is 73.4 cm³/mol. The van der Waals surface area contributed by atoms with E-state index in [1.54, 1.807) is 0 Å². The molecule has 1 aromatic rings. The summed E-state index contributed by atoms with van der Waals surface area (Å²) in [5.74, 6) is 0. The Morgan fingerprint density at radius 1 is 1.44 bits per heavy atom. The van der Waals surface area contributed by atoms with Crippen molar-refractivity contribution in [3.8, 4) is 0 Å². The van der Waals surface area contributed by atoms with Crippen LogP contribution in [-0.2, 0) is 4.74 Å². The standard InChI is InChI=1S/C15H24N2O/c1-5-18-14-10-13(15(14,3)4)17-11(2)12-6-8-16-9-7-12/h6-9,11,13-14,17H,5,10H2,1-4H3/t11-,13?,14?/m1/s1. The van der Waals surface area contributed by atoms with Crippen LogP contribution in [0.2, 0.25) is 0 Å². The average Bonchev–Trinajstić information content (AvgIpc) is 2.38. The summed E-state index contributed by atoms with van der Waals surface area (Å²) in [7, 11) is 0. The highest BCUT2D eigenvalue weighted by atomic mass is 16.5. The van der Waals surface area contributed by atoms with Gasteiger partial charge in [-0.3, -0.25) is 4.98 Å². The number of nitrogens with one attached hydrogen (secondary N) is 1. The molecule has 3 nitrogen and oxygen atoms in total. The average molecular weight is 248 g/mol. The highest BCUT2D eigenvalue weighted by Gasteiger charge is 2.48. The van der Waals surface area contributed by atoms with Crippen molar-refractivity contribution in [2.24, 2.45) is 5.41 Å². The van der Waals surface area contributed by atoms with Gasteiger partial charge in [0.1, 0.15) is 0 Å². The number of pyridine rings is 1. The lowest BCUT2D eigenvalue weighted by atomic mass is 9.64. The van der Waals surface area contributed by atoms with Gasteiger partial charge in [-0.15, -0.1) is 0 Å².